The molecule has 1 aromatic rings. The van der Waals surface area contributed by atoms with E-state index in [1.165, 1.54) is 11.0 Å². The van der Waals surface area contributed by atoms with Crippen molar-refractivity contribution in [3.8, 4) is 11.5 Å². The minimum atomic E-state index is -0.584. The number of carbonyl (C=O) groups excluding carboxylic acids is 2. The molecule has 0 saturated carbocycles. The van der Waals surface area contributed by atoms with Crippen molar-refractivity contribution in [2.45, 2.75) is 45.3 Å². The van der Waals surface area contributed by atoms with Gasteiger partial charge in [-0.3, -0.25) is 9.69 Å². The number of benzene rings is 1. The van der Waals surface area contributed by atoms with E-state index in [4.69, 9.17) is 14.2 Å². The van der Waals surface area contributed by atoms with E-state index in [1.54, 1.807) is 32.4 Å². The maximum Gasteiger partial charge on any atom is 0.410 e. The van der Waals surface area contributed by atoms with Crippen LogP contribution in [0.25, 0.3) is 6.08 Å². The maximum absolute atomic E-state index is 12.6. The molecule has 0 aromatic heterocycles. The van der Waals surface area contributed by atoms with Crippen LogP contribution in [-0.4, -0.2) is 49.2 Å². The van der Waals surface area contributed by atoms with Crippen LogP contribution >= 0.6 is 0 Å². The van der Waals surface area contributed by atoms with Crippen LogP contribution in [0.5, 0.6) is 11.5 Å². The molecule has 0 aliphatic carbocycles. The van der Waals surface area contributed by atoms with E-state index in [-0.39, 0.29) is 5.78 Å². The molecule has 142 valence electrons. The van der Waals surface area contributed by atoms with Gasteiger partial charge in [-0.25, -0.2) is 4.79 Å². The Kier molecular flexibility index (Phi) is 6.29. The normalized spacial score (nSPS) is 17.4. The summed E-state index contributed by atoms with van der Waals surface area (Å²) < 4.78 is 15.9. The SMILES string of the molecule is COc1ccc(/C=C/C(=O)C2CCCN2C(=O)OC(C)(C)C)c(OC)c1. The number of methoxy groups -OCH3 is 2. The lowest BCUT2D eigenvalue weighted by Crippen LogP contribution is -2.42. The molecule has 6 heteroatoms. The molecule has 0 bridgehead atoms. The first kappa shape index (κ1) is 19.8. The molecule has 0 radical (unpaired) electrons. The highest BCUT2D eigenvalue weighted by Crippen LogP contribution is 2.26. The van der Waals surface area contributed by atoms with Gasteiger partial charge in [0, 0.05) is 18.2 Å². The van der Waals surface area contributed by atoms with Crippen LogP contribution in [-0.2, 0) is 9.53 Å². The smallest absolute Gasteiger partial charge is 0.410 e. The predicted molar refractivity (Wildman–Crippen MR) is 99.5 cm³/mol. The third kappa shape index (κ3) is 5.00. The summed E-state index contributed by atoms with van der Waals surface area (Å²) in [6, 6.07) is 4.90. The first-order valence-electron chi connectivity index (χ1n) is 8.68. The molecule has 1 heterocycles. The second-order valence-electron chi connectivity index (χ2n) is 7.18. The zero-order valence-corrected chi connectivity index (χ0v) is 16.1. The Morgan fingerprint density at radius 3 is 2.54 bits per heavy atom. The highest BCUT2D eigenvalue weighted by Gasteiger charge is 2.35. The van der Waals surface area contributed by atoms with Gasteiger partial charge in [-0.15, -0.1) is 0 Å². The molecule has 1 atom stereocenters. The fourth-order valence-electron chi connectivity index (χ4n) is 2.84. The van der Waals surface area contributed by atoms with Crippen molar-refractivity contribution in [1.29, 1.82) is 0 Å². The second kappa shape index (κ2) is 8.25. The molecule has 0 spiro atoms. The number of ketones is 1. The van der Waals surface area contributed by atoms with Gasteiger partial charge >= 0.3 is 6.09 Å². The lowest BCUT2D eigenvalue weighted by Gasteiger charge is -2.27. The van der Waals surface area contributed by atoms with Crippen LogP contribution in [0.2, 0.25) is 0 Å². The van der Waals surface area contributed by atoms with Gasteiger partial charge in [0.15, 0.2) is 5.78 Å². The minimum Gasteiger partial charge on any atom is -0.497 e. The fourth-order valence-corrected chi connectivity index (χ4v) is 2.84. The standard InChI is InChI=1S/C20H27NO5/c1-20(2,3)26-19(23)21-12-6-7-16(21)17(22)11-9-14-8-10-15(24-4)13-18(14)25-5/h8-11,13,16H,6-7,12H2,1-5H3/b11-9+. The molecule has 1 saturated heterocycles. The maximum atomic E-state index is 12.6. The lowest BCUT2D eigenvalue weighted by atomic mass is 10.1. The van der Waals surface area contributed by atoms with Crippen LogP contribution in [0, 0.1) is 0 Å². The zero-order valence-electron chi connectivity index (χ0n) is 16.1. The third-order valence-corrected chi connectivity index (χ3v) is 4.08. The van der Waals surface area contributed by atoms with Gasteiger partial charge in [0.2, 0.25) is 0 Å². The van der Waals surface area contributed by atoms with Crippen LogP contribution in [0.1, 0.15) is 39.2 Å². The Labute approximate surface area is 154 Å². The monoisotopic (exact) mass is 361 g/mol. The second-order valence-corrected chi connectivity index (χ2v) is 7.18. The number of rotatable bonds is 5. The van der Waals surface area contributed by atoms with Crippen LogP contribution < -0.4 is 9.47 Å². The molecule has 0 N–H and O–H groups in total. The minimum absolute atomic E-state index is 0.119. The molecule has 1 aromatic carbocycles. The molecule has 1 fully saturated rings. The van der Waals surface area contributed by atoms with Crippen molar-refractivity contribution < 1.29 is 23.8 Å². The summed E-state index contributed by atoms with van der Waals surface area (Å²) in [4.78, 5) is 26.5. The molecule has 2 rings (SSSR count). The van der Waals surface area contributed by atoms with Crippen molar-refractivity contribution in [3.63, 3.8) is 0 Å². The molecular formula is C20H27NO5. The van der Waals surface area contributed by atoms with E-state index in [1.807, 2.05) is 26.8 Å². The Hall–Kier alpha value is -2.50. The van der Waals surface area contributed by atoms with Gasteiger partial charge in [-0.2, -0.15) is 0 Å². The average molecular weight is 361 g/mol. The zero-order chi connectivity index (χ0) is 19.3. The Bertz CT molecular complexity index is 690. The summed E-state index contributed by atoms with van der Waals surface area (Å²) >= 11 is 0. The number of likely N-dealkylation sites (tertiary alicyclic amines) is 1. The topological polar surface area (TPSA) is 65.1 Å². The van der Waals surface area contributed by atoms with E-state index in [9.17, 15) is 9.59 Å². The summed E-state index contributed by atoms with van der Waals surface area (Å²) in [6.07, 6.45) is 4.19. The first-order valence-corrected chi connectivity index (χ1v) is 8.68. The van der Waals surface area contributed by atoms with Crippen molar-refractivity contribution in [3.05, 3.63) is 29.8 Å². The summed E-state index contributed by atoms with van der Waals surface area (Å²) in [5.41, 5.74) is 0.183. The summed E-state index contributed by atoms with van der Waals surface area (Å²) in [5.74, 6) is 1.17. The number of amides is 1. The summed E-state index contributed by atoms with van der Waals surface area (Å²) in [7, 11) is 3.15. The number of hydrogen-bond acceptors (Lipinski definition) is 5. The molecule has 6 nitrogen and oxygen atoms in total. The van der Waals surface area contributed by atoms with E-state index in [2.05, 4.69) is 0 Å². The van der Waals surface area contributed by atoms with E-state index in [0.29, 0.717) is 24.5 Å². The van der Waals surface area contributed by atoms with Crippen molar-refractivity contribution in [1.82, 2.24) is 4.90 Å². The van der Waals surface area contributed by atoms with Gasteiger partial charge < -0.3 is 14.2 Å². The van der Waals surface area contributed by atoms with Gasteiger partial charge in [-0.05, 0) is 57.9 Å². The Morgan fingerprint density at radius 2 is 1.92 bits per heavy atom. The lowest BCUT2D eigenvalue weighted by molar-refractivity contribution is -0.118. The largest absolute Gasteiger partial charge is 0.497 e. The first-order chi connectivity index (χ1) is 12.2. The molecule has 1 aliphatic rings. The quantitative estimate of drug-likeness (QED) is 0.749. The van der Waals surface area contributed by atoms with Crippen molar-refractivity contribution >= 4 is 18.0 Å². The van der Waals surface area contributed by atoms with Crippen LogP contribution in [0.15, 0.2) is 24.3 Å². The van der Waals surface area contributed by atoms with Crippen LogP contribution in [0.4, 0.5) is 4.79 Å². The van der Waals surface area contributed by atoms with Gasteiger partial charge in [-0.1, -0.05) is 0 Å². The average Bonchev–Trinajstić information content (AvgIpc) is 3.08. The summed E-state index contributed by atoms with van der Waals surface area (Å²) in [6.45, 7) is 5.97. The Morgan fingerprint density at radius 1 is 1.19 bits per heavy atom. The van der Waals surface area contributed by atoms with E-state index < -0.39 is 17.7 Å². The van der Waals surface area contributed by atoms with Crippen molar-refractivity contribution in [2.75, 3.05) is 20.8 Å². The summed E-state index contributed by atoms with van der Waals surface area (Å²) in [5, 5.41) is 0. The molecule has 26 heavy (non-hydrogen) atoms. The Balaban J connectivity index is 2.11. The van der Waals surface area contributed by atoms with Gasteiger partial charge in [0.25, 0.3) is 0 Å². The fraction of sp³-hybridized carbons (Fsp3) is 0.500. The highest BCUT2D eigenvalue weighted by molar-refractivity contribution is 5.99. The molecular weight excluding hydrogens is 334 g/mol. The molecule has 1 amide bonds. The van der Waals surface area contributed by atoms with Gasteiger partial charge in [0.05, 0.1) is 20.3 Å². The van der Waals surface area contributed by atoms with Crippen LogP contribution in [0.3, 0.4) is 0 Å². The van der Waals surface area contributed by atoms with Gasteiger partial charge in [0.1, 0.15) is 17.1 Å². The molecule has 1 aliphatic heterocycles. The predicted octanol–water partition coefficient (Wildman–Crippen LogP) is 3.69. The number of nitrogens with zero attached hydrogens (tertiary/aromatic N) is 1. The van der Waals surface area contributed by atoms with Crippen molar-refractivity contribution in [2.24, 2.45) is 0 Å². The van der Waals surface area contributed by atoms with E-state index >= 15 is 0 Å². The highest BCUT2D eigenvalue weighted by atomic mass is 16.6. The number of hydrogen-bond donors (Lipinski definition) is 0. The third-order valence-electron chi connectivity index (χ3n) is 4.08. The molecule has 1 unspecified atom stereocenters. The number of carbonyl (C=O) groups is 2. The number of ether oxygens (including phenoxy) is 3. The van der Waals surface area contributed by atoms with E-state index in [0.717, 1.165) is 12.0 Å².